The Balaban J connectivity index is 1.51. The van der Waals surface area contributed by atoms with Gasteiger partial charge in [-0.2, -0.15) is 0 Å². The largest absolute Gasteiger partial charge is 0.493 e. The molecule has 1 aromatic heterocycles. The predicted octanol–water partition coefficient (Wildman–Crippen LogP) is 5.24. The number of carbonyl (C=O) groups is 1. The van der Waals surface area contributed by atoms with Crippen LogP contribution in [0.25, 0.3) is 11.3 Å². The number of aryl methyl sites for hydroxylation is 1. The quantitative estimate of drug-likeness (QED) is 0.474. The van der Waals surface area contributed by atoms with Crippen LogP contribution in [0.2, 0.25) is 0 Å². The van der Waals surface area contributed by atoms with Gasteiger partial charge in [0.05, 0.1) is 26.5 Å². The van der Waals surface area contributed by atoms with E-state index in [-0.39, 0.29) is 5.91 Å². The molecule has 0 saturated carbocycles. The number of carbonyl (C=O) groups excluding carboxylic acids is 1. The molecule has 1 amide bonds. The molecule has 6 nitrogen and oxygen atoms in total. The van der Waals surface area contributed by atoms with Crippen molar-refractivity contribution in [3.05, 3.63) is 52.9 Å². The van der Waals surface area contributed by atoms with Crippen molar-refractivity contribution in [1.29, 1.82) is 0 Å². The highest BCUT2D eigenvalue weighted by atomic mass is 32.1. The number of benzene rings is 2. The fourth-order valence-corrected chi connectivity index (χ4v) is 3.67. The van der Waals surface area contributed by atoms with Crippen LogP contribution in [0.5, 0.6) is 17.2 Å². The van der Waals surface area contributed by atoms with Gasteiger partial charge in [-0.1, -0.05) is 12.1 Å². The normalized spacial score (nSPS) is 10.5. The van der Waals surface area contributed by atoms with Crippen molar-refractivity contribution < 1.29 is 19.0 Å². The molecule has 0 bridgehead atoms. The number of nitrogens with one attached hydrogen (secondary N) is 1. The van der Waals surface area contributed by atoms with Crippen LogP contribution < -0.4 is 19.5 Å². The molecule has 1 heterocycles. The smallest absolute Gasteiger partial charge is 0.226 e. The molecule has 3 aromatic rings. The second-order valence-corrected chi connectivity index (χ2v) is 7.66. The third kappa shape index (κ3) is 5.30. The van der Waals surface area contributed by atoms with Crippen molar-refractivity contribution >= 4 is 22.4 Å². The van der Waals surface area contributed by atoms with E-state index in [2.05, 4.69) is 23.3 Å². The van der Waals surface area contributed by atoms with E-state index in [0.717, 1.165) is 22.6 Å². The van der Waals surface area contributed by atoms with Crippen LogP contribution in [0.4, 0.5) is 5.13 Å². The molecule has 0 aliphatic carbocycles. The van der Waals surface area contributed by atoms with E-state index in [0.29, 0.717) is 36.1 Å². The Hall–Kier alpha value is -3.06. The second-order valence-electron chi connectivity index (χ2n) is 6.81. The summed E-state index contributed by atoms with van der Waals surface area (Å²) in [6.07, 6.45) is 1.00. The highest BCUT2D eigenvalue weighted by molar-refractivity contribution is 7.14. The number of amides is 1. The minimum Gasteiger partial charge on any atom is -0.493 e. The number of rotatable bonds is 9. The zero-order valence-electron chi connectivity index (χ0n) is 17.7. The lowest BCUT2D eigenvalue weighted by Crippen LogP contribution is -2.12. The van der Waals surface area contributed by atoms with E-state index in [1.807, 2.05) is 42.6 Å². The van der Waals surface area contributed by atoms with Crippen LogP contribution in [0.15, 0.2) is 41.8 Å². The van der Waals surface area contributed by atoms with Crippen molar-refractivity contribution in [2.24, 2.45) is 0 Å². The van der Waals surface area contributed by atoms with Crippen LogP contribution in [0.3, 0.4) is 0 Å². The van der Waals surface area contributed by atoms with E-state index < -0.39 is 0 Å². The van der Waals surface area contributed by atoms with Crippen molar-refractivity contribution in [1.82, 2.24) is 4.98 Å². The van der Waals surface area contributed by atoms with Crippen molar-refractivity contribution in [2.75, 3.05) is 26.1 Å². The zero-order valence-corrected chi connectivity index (χ0v) is 18.5. The van der Waals surface area contributed by atoms with Crippen LogP contribution in [-0.2, 0) is 4.79 Å². The minimum absolute atomic E-state index is 0.0761. The molecule has 1 N–H and O–H groups in total. The summed E-state index contributed by atoms with van der Waals surface area (Å²) in [6.45, 7) is 4.59. The molecule has 158 valence electrons. The van der Waals surface area contributed by atoms with Gasteiger partial charge in [0.2, 0.25) is 5.91 Å². The Morgan fingerprint density at radius 1 is 1.07 bits per heavy atom. The average Bonchev–Trinajstić information content (AvgIpc) is 3.21. The maximum atomic E-state index is 12.2. The third-order valence-corrected chi connectivity index (χ3v) is 5.55. The number of nitrogens with zero attached hydrogens (tertiary/aromatic N) is 1. The molecule has 0 fully saturated rings. The molecule has 30 heavy (non-hydrogen) atoms. The molecular formula is C23H26N2O4S. The first-order chi connectivity index (χ1) is 14.5. The molecule has 2 aromatic carbocycles. The first-order valence-corrected chi connectivity index (χ1v) is 10.6. The van der Waals surface area contributed by atoms with Gasteiger partial charge in [0, 0.05) is 17.4 Å². The SMILES string of the molecule is COc1ccc(-c2csc(NC(=O)CCCOc3cccc(C)c3C)n2)cc1OC. The fourth-order valence-electron chi connectivity index (χ4n) is 2.94. The zero-order chi connectivity index (χ0) is 21.5. The van der Waals surface area contributed by atoms with Crippen molar-refractivity contribution in [3.8, 4) is 28.5 Å². The van der Waals surface area contributed by atoms with Gasteiger partial charge in [0.1, 0.15) is 5.75 Å². The summed E-state index contributed by atoms with van der Waals surface area (Å²) in [5.41, 5.74) is 3.99. The molecule has 7 heteroatoms. The molecule has 0 unspecified atom stereocenters. The lowest BCUT2D eigenvalue weighted by Gasteiger charge is -2.10. The van der Waals surface area contributed by atoms with Gasteiger partial charge in [-0.05, 0) is 55.7 Å². The first kappa shape index (κ1) is 21.6. The Kier molecular flexibility index (Phi) is 7.30. The summed E-state index contributed by atoms with van der Waals surface area (Å²) < 4.78 is 16.4. The highest BCUT2D eigenvalue weighted by Gasteiger charge is 2.11. The van der Waals surface area contributed by atoms with Gasteiger partial charge in [0.15, 0.2) is 16.6 Å². The second kappa shape index (κ2) is 10.1. The van der Waals surface area contributed by atoms with Crippen molar-refractivity contribution in [2.45, 2.75) is 26.7 Å². The number of ether oxygens (including phenoxy) is 3. The molecular weight excluding hydrogens is 400 g/mol. The Morgan fingerprint density at radius 2 is 1.87 bits per heavy atom. The van der Waals surface area contributed by atoms with Crippen molar-refractivity contribution in [3.63, 3.8) is 0 Å². The van der Waals surface area contributed by atoms with E-state index in [1.54, 1.807) is 14.2 Å². The van der Waals surface area contributed by atoms with Gasteiger partial charge in [0.25, 0.3) is 0 Å². The third-order valence-electron chi connectivity index (χ3n) is 4.79. The summed E-state index contributed by atoms with van der Waals surface area (Å²) in [5, 5.41) is 5.33. The molecule has 3 rings (SSSR count). The molecule has 0 radical (unpaired) electrons. The van der Waals surface area contributed by atoms with Gasteiger partial charge < -0.3 is 19.5 Å². The number of anilines is 1. The van der Waals surface area contributed by atoms with Gasteiger partial charge in [-0.3, -0.25) is 4.79 Å². The van der Waals surface area contributed by atoms with E-state index >= 15 is 0 Å². The number of aromatic nitrogens is 1. The van der Waals surface area contributed by atoms with E-state index in [4.69, 9.17) is 14.2 Å². The number of thiazole rings is 1. The highest BCUT2D eigenvalue weighted by Crippen LogP contribution is 2.33. The van der Waals surface area contributed by atoms with Crippen LogP contribution in [0.1, 0.15) is 24.0 Å². The topological polar surface area (TPSA) is 69.7 Å². The number of methoxy groups -OCH3 is 2. The van der Waals surface area contributed by atoms with Crippen LogP contribution in [-0.4, -0.2) is 31.7 Å². The van der Waals surface area contributed by atoms with E-state index in [1.165, 1.54) is 16.9 Å². The standard InChI is InChI=1S/C23H26N2O4S/c1-15-7-5-8-19(16(15)2)29-12-6-9-22(26)25-23-24-18(14-30-23)17-10-11-20(27-3)21(13-17)28-4/h5,7-8,10-11,13-14H,6,9,12H2,1-4H3,(H,24,25,26). The molecule has 0 spiro atoms. The lowest BCUT2D eigenvalue weighted by atomic mass is 10.1. The summed E-state index contributed by atoms with van der Waals surface area (Å²) >= 11 is 1.39. The predicted molar refractivity (Wildman–Crippen MR) is 120 cm³/mol. The monoisotopic (exact) mass is 426 g/mol. The van der Waals surface area contributed by atoms with E-state index in [9.17, 15) is 4.79 Å². The first-order valence-electron chi connectivity index (χ1n) is 9.68. The summed E-state index contributed by atoms with van der Waals surface area (Å²) in [5.74, 6) is 2.09. The van der Waals surface area contributed by atoms with Crippen LogP contribution >= 0.6 is 11.3 Å². The van der Waals surface area contributed by atoms with Gasteiger partial charge >= 0.3 is 0 Å². The summed E-state index contributed by atoms with van der Waals surface area (Å²) in [6, 6.07) is 11.6. The Labute approximate surface area is 180 Å². The minimum atomic E-state index is -0.0761. The fraction of sp³-hybridized carbons (Fsp3) is 0.304. The van der Waals surface area contributed by atoms with Gasteiger partial charge in [-0.25, -0.2) is 4.98 Å². The maximum Gasteiger partial charge on any atom is 0.226 e. The Morgan fingerprint density at radius 3 is 2.63 bits per heavy atom. The Bertz CT molecular complexity index is 1020. The molecule has 0 aliphatic rings. The summed E-state index contributed by atoms with van der Waals surface area (Å²) in [7, 11) is 3.19. The number of hydrogen-bond donors (Lipinski definition) is 1. The van der Waals surface area contributed by atoms with Crippen LogP contribution in [0, 0.1) is 13.8 Å². The average molecular weight is 427 g/mol. The maximum absolute atomic E-state index is 12.2. The molecule has 0 saturated heterocycles. The summed E-state index contributed by atoms with van der Waals surface area (Å²) in [4.78, 5) is 16.7. The number of hydrogen-bond acceptors (Lipinski definition) is 6. The molecule has 0 atom stereocenters. The van der Waals surface area contributed by atoms with Gasteiger partial charge in [-0.15, -0.1) is 11.3 Å². The molecule has 0 aliphatic heterocycles. The lowest BCUT2D eigenvalue weighted by molar-refractivity contribution is -0.116.